The van der Waals surface area contributed by atoms with Gasteiger partial charge in [-0.1, -0.05) is 12.1 Å². The van der Waals surface area contributed by atoms with Crippen molar-refractivity contribution in [2.45, 2.75) is 6.54 Å². The summed E-state index contributed by atoms with van der Waals surface area (Å²) in [6.45, 7) is 0.829. The third-order valence-electron chi connectivity index (χ3n) is 3.54. The van der Waals surface area contributed by atoms with Crippen LogP contribution in [0.2, 0.25) is 0 Å². The first-order valence-electron chi connectivity index (χ1n) is 6.99. The first-order valence-corrected chi connectivity index (χ1v) is 6.99. The van der Waals surface area contributed by atoms with Crippen molar-refractivity contribution >= 4 is 17.7 Å². The molecule has 0 unspecified atom stereocenters. The number of carbonyl (C=O) groups is 3. The van der Waals surface area contributed by atoms with Gasteiger partial charge in [-0.05, 0) is 24.3 Å². The summed E-state index contributed by atoms with van der Waals surface area (Å²) >= 11 is 0. The van der Waals surface area contributed by atoms with Gasteiger partial charge < -0.3 is 9.88 Å². The summed E-state index contributed by atoms with van der Waals surface area (Å²) in [4.78, 5) is 37.1. The van der Waals surface area contributed by atoms with Gasteiger partial charge in [0.15, 0.2) is 0 Å². The number of imide groups is 1. The van der Waals surface area contributed by atoms with Crippen LogP contribution in [0.1, 0.15) is 20.7 Å². The van der Waals surface area contributed by atoms with Crippen LogP contribution in [0.4, 0.5) is 0 Å². The van der Waals surface area contributed by atoms with E-state index in [0.29, 0.717) is 24.2 Å². The predicted octanol–water partition coefficient (Wildman–Crippen LogP) is 0.900. The Labute approximate surface area is 127 Å². The molecule has 0 fully saturated rings. The van der Waals surface area contributed by atoms with Crippen molar-refractivity contribution in [1.29, 1.82) is 0 Å². The molecule has 3 rings (SSSR count). The van der Waals surface area contributed by atoms with Crippen LogP contribution in [0.15, 0.2) is 48.8 Å². The van der Waals surface area contributed by atoms with Gasteiger partial charge in [-0.15, -0.1) is 0 Å². The van der Waals surface area contributed by atoms with Gasteiger partial charge in [-0.2, -0.15) is 0 Å². The van der Waals surface area contributed by atoms with Crippen molar-refractivity contribution in [2.24, 2.45) is 0 Å². The van der Waals surface area contributed by atoms with E-state index in [2.05, 4.69) is 5.32 Å². The SMILES string of the molecule is O=C(CN1C(=O)c2ccccc2C1=O)NCCn1cccc1. The highest BCUT2D eigenvalue weighted by molar-refractivity contribution is 6.22. The second-order valence-corrected chi connectivity index (χ2v) is 5.01. The Kier molecular flexibility index (Phi) is 3.74. The van der Waals surface area contributed by atoms with Crippen molar-refractivity contribution in [1.82, 2.24) is 14.8 Å². The van der Waals surface area contributed by atoms with Crippen LogP contribution in [0.5, 0.6) is 0 Å². The molecule has 0 spiro atoms. The third kappa shape index (κ3) is 2.63. The number of nitrogens with one attached hydrogen (secondary N) is 1. The van der Waals surface area contributed by atoms with E-state index in [9.17, 15) is 14.4 Å². The summed E-state index contributed by atoms with van der Waals surface area (Å²) in [5, 5.41) is 2.71. The lowest BCUT2D eigenvalue weighted by atomic mass is 10.1. The average Bonchev–Trinajstić information content (AvgIpc) is 3.11. The summed E-state index contributed by atoms with van der Waals surface area (Å²) in [6.07, 6.45) is 3.80. The van der Waals surface area contributed by atoms with Gasteiger partial charge in [0.2, 0.25) is 5.91 Å². The monoisotopic (exact) mass is 297 g/mol. The van der Waals surface area contributed by atoms with Gasteiger partial charge in [-0.25, -0.2) is 0 Å². The Morgan fingerprint density at radius 1 is 0.955 bits per heavy atom. The number of carbonyl (C=O) groups excluding carboxylic acids is 3. The van der Waals surface area contributed by atoms with Gasteiger partial charge in [0, 0.05) is 25.5 Å². The first kappa shape index (κ1) is 14.1. The molecular formula is C16H15N3O3. The van der Waals surface area contributed by atoms with Crippen molar-refractivity contribution in [2.75, 3.05) is 13.1 Å². The Morgan fingerprint density at radius 2 is 1.55 bits per heavy atom. The van der Waals surface area contributed by atoms with Crippen LogP contribution in [0, 0.1) is 0 Å². The first-order chi connectivity index (χ1) is 10.7. The smallest absolute Gasteiger partial charge is 0.262 e. The van der Waals surface area contributed by atoms with Crippen LogP contribution >= 0.6 is 0 Å². The molecule has 1 aromatic carbocycles. The zero-order valence-corrected chi connectivity index (χ0v) is 11.9. The summed E-state index contributed by atoms with van der Waals surface area (Å²) in [5.41, 5.74) is 0.709. The molecule has 0 bridgehead atoms. The quantitative estimate of drug-likeness (QED) is 0.834. The van der Waals surface area contributed by atoms with Gasteiger partial charge in [0.1, 0.15) is 6.54 Å². The molecule has 0 radical (unpaired) electrons. The van der Waals surface area contributed by atoms with E-state index in [-0.39, 0.29) is 12.5 Å². The number of amides is 3. The number of fused-ring (bicyclic) bond motifs is 1. The molecule has 6 nitrogen and oxygen atoms in total. The summed E-state index contributed by atoms with van der Waals surface area (Å²) in [6, 6.07) is 10.4. The van der Waals surface area contributed by atoms with E-state index in [1.54, 1.807) is 24.3 Å². The van der Waals surface area contributed by atoms with E-state index in [0.717, 1.165) is 4.90 Å². The van der Waals surface area contributed by atoms with Crippen molar-refractivity contribution < 1.29 is 14.4 Å². The van der Waals surface area contributed by atoms with Gasteiger partial charge in [0.25, 0.3) is 11.8 Å². The molecular weight excluding hydrogens is 282 g/mol. The van der Waals surface area contributed by atoms with E-state index in [1.165, 1.54) is 0 Å². The molecule has 2 aromatic rings. The van der Waals surface area contributed by atoms with Crippen LogP contribution in [-0.2, 0) is 11.3 Å². The molecule has 1 aromatic heterocycles. The van der Waals surface area contributed by atoms with Crippen molar-refractivity contribution in [3.8, 4) is 0 Å². The van der Waals surface area contributed by atoms with E-state index in [4.69, 9.17) is 0 Å². The number of rotatable bonds is 5. The maximum Gasteiger partial charge on any atom is 0.262 e. The van der Waals surface area contributed by atoms with Crippen LogP contribution in [-0.4, -0.2) is 40.3 Å². The molecule has 1 N–H and O–H groups in total. The highest BCUT2D eigenvalue weighted by Crippen LogP contribution is 2.21. The van der Waals surface area contributed by atoms with Crippen LogP contribution in [0.25, 0.3) is 0 Å². The molecule has 2 heterocycles. The molecule has 22 heavy (non-hydrogen) atoms. The minimum atomic E-state index is -0.416. The fourth-order valence-corrected chi connectivity index (χ4v) is 2.43. The molecule has 0 aliphatic carbocycles. The Morgan fingerprint density at radius 3 is 2.14 bits per heavy atom. The fourth-order valence-electron chi connectivity index (χ4n) is 2.43. The molecule has 112 valence electrons. The topological polar surface area (TPSA) is 71.4 Å². The number of hydrogen-bond donors (Lipinski definition) is 1. The van der Waals surface area contributed by atoms with Crippen LogP contribution < -0.4 is 5.32 Å². The highest BCUT2D eigenvalue weighted by atomic mass is 16.2. The van der Waals surface area contributed by atoms with Gasteiger partial charge >= 0.3 is 0 Å². The maximum atomic E-state index is 12.1. The number of aromatic nitrogens is 1. The number of nitrogens with zero attached hydrogens (tertiary/aromatic N) is 2. The minimum absolute atomic E-state index is 0.252. The lowest BCUT2D eigenvalue weighted by molar-refractivity contribution is -0.121. The summed E-state index contributed by atoms with van der Waals surface area (Å²) in [5.74, 6) is -1.18. The van der Waals surface area contributed by atoms with Crippen LogP contribution in [0.3, 0.4) is 0 Å². The normalized spacial score (nSPS) is 13.4. The molecule has 1 aliphatic heterocycles. The second kappa shape index (κ2) is 5.85. The zero-order chi connectivity index (χ0) is 15.5. The van der Waals surface area contributed by atoms with Gasteiger partial charge in [-0.3, -0.25) is 19.3 Å². The predicted molar refractivity (Wildman–Crippen MR) is 79.3 cm³/mol. The molecule has 0 atom stereocenters. The average molecular weight is 297 g/mol. The third-order valence-corrected chi connectivity index (χ3v) is 3.54. The Balaban J connectivity index is 1.56. The minimum Gasteiger partial charge on any atom is -0.353 e. The number of hydrogen-bond acceptors (Lipinski definition) is 3. The zero-order valence-electron chi connectivity index (χ0n) is 11.9. The maximum absolute atomic E-state index is 12.1. The van der Waals surface area contributed by atoms with E-state index < -0.39 is 11.8 Å². The molecule has 1 aliphatic rings. The largest absolute Gasteiger partial charge is 0.353 e. The van der Waals surface area contributed by atoms with E-state index in [1.807, 2.05) is 29.1 Å². The van der Waals surface area contributed by atoms with Crippen molar-refractivity contribution in [3.05, 3.63) is 59.9 Å². The molecule has 3 amide bonds. The lowest BCUT2D eigenvalue weighted by Gasteiger charge is -2.13. The van der Waals surface area contributed by atoms with E-state index >= 15 is 0 Å². The molecule has 0 saturated heterocycles. The lowest BCUT2D eigenvalue weighted by Crippen LogP contribution is -2.41. The summed E-state index contributed by atoms with van der Waals surface area (Å²) in [7, 11) is 0. The second-order valence-electron chi connectivity index (χ2n) is 5.01. The summed E-state index contributed by atoms with van der Waals surface area (Å²) < 4.78 is 1.93. The highest BCUT2D eigenvalue weighted by Gasteiger charge is 2.36. The van der Waals surface area contributed by atoms with Gasteiger partial charge in [0.05, 0.1) is 11.1 Å². The number of benzene rings is 1. The molecule has 0 saturated carbocycles. The Hall–Kier alpha value is -2.89. The van der Waals surface area contributed by atoms with Crippen molar-refractivity contribution in [3.63, 3.8) is 0 Å². The molecule has 6 heteroatoms. The fraction of sp³-hybridized carbons (Fsp3) is 0.188. The Bertz CT molecular complexity index is 687. The standard InChI is InChI=1S/C16H15N3O3/c20-14(17-7-10-18-8-3-4-9-18)11-19-15(21)12-5-1-2-6-13(12)16(19)22/h1-6,8-9H,7,10-11H2,(H,17,20).